The Balaban J connectivity index is 1.54. The zero-order valence-electron chi connectivity index (χ0n) is 21.8. The predicted molar refractivity (Wildman–Crippen MR) is 134 cm³/mol. The second-order valence-electron chi connectivity index (χ2n) is 10.1. The van der Waals surface area contributed by atoms with Gasteiger partial charge in [-0.25, -0.2) is 0 Å². The maximum atomic E-state index is 14.0. The largest absolute Gasteiger partial charge is 0.461 e. The monoisotopic (exact) mass is 594 g/mol. The van der Waals surface area contributed by atoms with Crippen molar-refractivity contribution < 1.29 is 74.5 Å². The van der Waals surface area contributed by atoms with E-state index in [4.69, 9.17) is 18.9 Å². The molecule has 2 aromatic rings. The van der Waals surface area contributed by atoms with E-state index in [0.29, 0.717) is 0 Å². The van der Waals surface area contributed by atoms with Crippen LogP contribution < -0.4 is 9.47 Å². The van der Waals surface area contributed by atoms with Crippen molar-refractivity contribution in [1.82, 2.24) is 0 Å². The molecule has 2 heterocycles. The van der Waals surface area contributed by atoms with Gasteiger partial charge in [-0.15, -0.1) is 0 Å². The van der Waals surface area contributed by atoms with Crippen LogP contribution in [0.15, 0.2) is 30.3 Å². The number of aliphatic hydroxyl groups excluding tert-OH is 9. The van der Waals surface area contributed by atoms with E-state index in [1.807, 2.05) is 0 Å². The summed E-state index contributed by atoms with van der Waals surface area (Å²) in [6.07, 6.45) is -16.6. The Morgan fingerprint density at radius 2 is 1.14 bits per heavy atom. The average molecular weight is 595 g/mol. The summed E-state index contributed by atoms with van der Waals surface area (Å²) in [4.78, 5) is 27.6. The lowest BCUT2D eigenvalue weighted by Gasteiger charge is -2.40. The lowest BCUT2D eigenvalue weighted by atomic mass is 9.82. The van der Waals surface area contributed by atoms with Crippen LogP contribution in [0.4, 0.5) is 0 Å². The van der Waals surface area contributed by atoms with Crippen molar-refractivity contribution in [3.63, 3.8) is 0 Å². The summed E-state index contributed by atoms with van der Waals surface area (Å²) in [5, 5.41) is 90.1. The zero-order chi connectivity index (χ0) is 30.5. The Kier molecular flexibility index (Phi) is 8.62. The van der Waals surface area contributed by atoms with Gasteiger partial charge >= 0.3 is 0 Å². The Hall–Kier alpha value is -3.06. The van der Waals surface area contributed by atoms with Crippen molar-refractivity contribution in [3.05, 3.63) is 58.1 Å². The number of ether oxygens (including phenoxy) is 4. The van der Waals surface area contributed by atoms with Gasteiger partial charge in [-0.3, -0.25) is 9.59 Å². The van der Waals surface area contributed by atoms with E-state index >= 15 is 0 Å². The van der Waals surface area contributed by atoms with E-state index in [1.165, 1.54) is 30.3 Å². The van der Waals surface area contributed by atoms with Crippen LogP contribution in [0.3, 0.4) is 0 Å². The van der Waals surface area contributed by atoms with Gasteiger partial charge < -0.3 is 64.9 Å². The highest BCUT2D eigenvalue weighted by Gasteiger charge is 2.47. The van der Waals surface area contributed by atoms with Crippen LogP contribution in [0.25, 0.3) is 0 Å². The van der Waals surface area contributed by atoms with Crippen LogP contribution in [0.5, 0.6) is 11.5 Å². The molecule has 1 aliphatic carbocycles. The number of rotatable bonds is 7. The van der Waals surface area contributed by atoms with Crippen LogP contribution in [-0.2, 0) is 16.1 Å². The summed E-state index contributed by atoms with van der Waals surface area (Å²) in [5.74, 6) is -2.12. The first kappa shape index (κ1) is 30.4. The molecule has 15 heteroatoms. The number of hydrogen-bond donors (Lipinski definition) is 9. The van der Waals surface area contributed by atoms with Crippen LogP contribution in [0.1, 0.15) is 37.4 Å². The molecule has 2 aliphatic heterocycles. The van der Waals surface area contributed by atoms with E-state index in [1.54, 1.807) is 0 Å². The van der Waals surface area contributed by atoms with Crippen molar-refractivity contribution in [2.45, 2.75) is 68.0 Å². The summed E-state index contributed by atoms with van der Waals surface area (Å²) < 4.78 is 22.2. The summed E-state index contributed by atoms with van der Waals surface area (Å²) in [5.41, 5.74) is -0.771. The third-order valence-corrected chi connectivity index (χ3v) is 7.50. The van der Waals surface area contributed by atoms with Gasteiger partial charge in [-0.2, -0.15) is 0 Å². The van der Waals surface area contributed by atoms with Crippen LogP contribution in [-0.4, -0.2) is 132 Å². The predicted octanol–water partition coefficient (Wildman–Crippen LogP) is -3.69. The highest BCUT2D eigenvalue weighted by Crippen LogP contribution is 2.40. The van der Waals surface area contributed by atoms with Gasteiger partial charge in [-0.05, 0) is 23.8 Å². The van der Waals surface area contributed by atoms with Crippen molar-refractivity contribution in [3.8, 4) is 11.5 Å². The van der Waals surface area contributed by atoms with Gasteiger partial charge in [0.15, 0.2) is 5.78 Å². The van der Waals surface area contributed by atoms with Crippen molar-refractivity contribution >= 4 is 11.6 Å². The molecule has 0 saturated carbocycles. The fraction of sp³-hybridized carbons (Fsp3) is 0.481. The minimum absolute atomic E-state index is 0.122. The first-order valence-corrected chi connectivity index (χ1v) is 13.0. The van der Waals surface area contributed by atoms with Gasteiger partial charge in [0.05, 0.1) is 30.9 Å². The molecule has 0 radical (unpaired) electrons. The molecule has 0 bridgehead atoms. The molecule has 10 atom stereocenters. The van der Waals surface area contributed by atoms with Gasteiger partial charge in [0.25, 0.3) is 0 Å². The SMILES string of the molecule is O=C1c2cccc(O[C@@H]3O[C@H](CO)[C@@H](O)[C@H](O)[C@H]3O)c2C(=O)c2c(O[C@@H]3O[C@H](CO)[C@H](O)[C@H](O)[C@H]3O)cc(CO)cc21. The lowest BCUT2D eigenvalue weighted by Crippen LogP contribution is -2.60. The van der Waals surface area contributed by atoms with Crippen LogP contribution in [0.2, 0.25) is 0 Å². The molecular weight excluding hydrogens is 564 g/mol. The average Bonchev–Trinajstić information content (AvgIpc) is 2.99. The quantitative estimate of drug-likeness (QED) is 0.128. The number of fused-ring (bicyclic) bond motifs is 2. The molecule has 0 aromatic heterocycles. The summed E-state index contributed by atoms with van der Waals surface area (Å²) >= 11 is 0. The fourth-order valence-corrected chi connectivity index (χ4v) is 5.17. The minimum atomic E-state index is -1.84. The number of aliphatic hydroxyl groups is 9. The minimum Gasteiger partial charge on any atom is -0.461 e. The number of benzene rings is 2. The Labute approximate surface area is 237 Å². The van der Waals surface area contributed by atoms with Crippen molar-refractivity contribution in [2.75, 3.05) is 13.2 Å². The van der Waals surface area contributed by atoms with E-state index in [0.717, 1.165) is 0 Å². The second kappa shape index (κ2) is 11.9. The zero-order valence-corrected chi connectivity index (χ0v) is 21.8. The van der Waals surface area contributed by atoms with Crippen molar-refractivity contribution in [1.29, 1.82) is 0 Å². The van der Waals surface area contributed by atoms with E-state index in [9.17, 15) is 55.5 Å². The Morgan fingerprint density at radius 3 is 1.67 bits per heavy atom. The van der Waals surface area contributed by atoms with E-state index in [-0.39, 0.29) is 39.3 Å². The molecule has 2 fully saturated rings. The first-order chi connectivity index (χ1) is 20.0. The topological polar surface area (TPSA) is 253 Å². The molecular formula is C27H30O15. The van der Waals surface area contributed by atoms with E-state index < -0.39 is 92.8 Å². The molecule has 0 spiro atoms. The van der Waals surface area contributed by atoms with Gasteiger partial charge in [0, 0.05) is 11.1 Å². The molecule has 3 aliphatic rings. The highest BCUT2D eigenvalue weighted by molar-refractivity contribution is 6.30. The molecule has 15 nitrogen and oxygen atoms in total. The van der Waals surface area contributed by atoms with Gasteiger partial charge in [0.1, 0.15) is 60.3 Å². The Bertz CT molecular complexity index is 1340. The molecule has 2 saturated heterocycles. The number of carbonyl (C=O) groups is 2. The second-order valence-corrected chi connectivity index (χ2v) is 10.1. The first-order valence-electron chi connectivity index (χ1n) is 13.0. The van der Waals surface area contributed by atoms with Crippen molar-refractivity contribution in [2.24, 2.45) is 0 Å². The molecule has 0 amide bonds. The molecule has 2 aromatic carbocycles. The van der Waals surface area contributed by atoms with E-state index in [2.05, 4.69) is 0 Å². The number of hydrogen-bond acceptors (Lipinski definition) is 15. The molecule has 5 rings (SSSR count). The molecule has 42 heavy (non-hydrogen) atoms. The third kappa shape index (κ3) is 5.08. The normalized spacial score (nSPS) is 34.5. The highest BCUT2D eigenvalue weighted by atomic mass is 16.7. The molecule has 0 unspecified atom stereocenters. The van der Waals surface area contributed by atoms with Crippen LogP contribution >= 0.6 is 0 Å². The third-order valence-electron chi connectivity index (χ3n) is 7.50. The van der Waals surface area contributed by atoms with Gasteiger partial charge in [-0.1, -0.05) is 12.1 Å². The number of carbonyl (C=O) groups excluding carboxylic acids is 2. The molecule has 228 valence electrons. The standard InChI is InChI=1S/C27H30O15/c28-6-9-4-11-17(13(5-9)40-27-25(38)23(36)20(33)15(8-30)42-27)21(34)16-10(18(11)31)2-1-3-12(16)39-26-24(37)22(35)19(32)14(7-29)41-26/h1-5,14-15,19-20,22-30,32-33,35-38H,6-8H2/t14-,15-,19-,20+,22+,23+,24-,25-,26-,27-/m1/s1. The summed E-state index contributed by atoms with van der Waals surface area (Å²) in [6, 6.07) is 6.48. The number of ketones is 2. The van der Waals surface area contributed by atoms with Gasteiger partial charge in [0.2, 0.25) is 18.4 Å². The smallest absolute Gasteiger partial charge is 0.229 e. The molecule has 9 N–H and O–H groups in total. The summed E-state index contributed by atoms with van der Waals surface area (Å²) in [7, 11) is 0. The fourth-order valence-electron chi connectivity index (χ4n) is 5.17. The Morgan fingerprint density at radius 1 is 0.619 bits per heavy atom. The summed E-state index contributed by atoms with van der Waals surface area (Å²) in [6.45, 7) is -2.05. The maximum Gasteiger partial charge on any atom is 0.229 e. The van der Waals surface area contributed by atoms with Crippen LogP contribution in [0, 0.1) is 0 Å². The lowest BCUT2D eigenvalue weighted by molar-refractivity contribution is -0.277. The maximum absolute atomic E-state index is 14.0.